The summed E-state index contributed by atoms with van der Waals surface area (Å²) >= 11 is 3.51. The van der Waals surface area contributed by atoms with Crippen molar-refractivity contribution in [1.29, 1.82) is 0 Å². The Bertz CT molecular complexity index is 639. The first-order chi connectivity index (χ1) is 9.61. The lowest BCUT2D eigenvalue weighted by molar-refractivity contribution is 0.246. The van der Waals surface area contributed by atoms with Crippen molar-refractivity contribution >= 4 is 21.6 Å². The molecule has 2 aromatic carbocycles. The van der Waals surface area contributed by atoms with E-state index < -0.39 is 0 Å². The van der Waals surface area contributed by atoms with Crippen molar-refractivity contribution in [2.24, 2.45) is 0 Å². The molecular weight excluding hydrogens is 314 g/mol. The fourth-order valence-corrected chi connectivity index (χ4v) is 2.93. The van der Waals surface area contributed by atoms with Gasteiger partial charge in [-0.3, -0.25) is 0 Å². The molecule has 0 amide bonds. The van der Waals surface area contributed by atoms with E-state index in [2.05, 4.69) is 71.5 Å². The molecule has 20 heavy (non-hydrogen) atoms. The molecule has 1 N–H and O–H groups in total. The van der Waals surface area contributed by atoms with Gasteiger partial charge in [-0.25, -0.2) is 0 Å². The molecule has 3 heteroatoms. The van der Waals surface area contributed by atoms with Crippen molar-refractivity contribution in [2.75, 3.05) is 11.9 Å². The highest BCUT2D eigenvalue weighted by Crippen LogP contribution is 2.30. The SMILES string of the molecule is Cc1ccc2c(c1)CC(CNc1cc(Br)ccc1C)O2. The van der Waals surface area contributed by atoms with Gasteiger partial charge in [0, 0.05) is 16.6 Å². The molecule has 1 aliphatic rings. The predicted molar refractivity (Wildman–Crippen MR) is 86.7 cm³/mol. The van der Waals surface area contributed by atoms with Crippen LogP contribution in [-0.2, 0) is 6.42 Å². The minimum atomic E-state index is 0.213. The average Bonchev–Trinajstić information content (AvgIpc) is 2.81. The first-order valence-corrected chi connectivity index (χ1v) is 7.67. The fraction of sp³-hybridized carbons (Fsp3) is 0.294. The van der Waals surface area contributed by atoms with Crippen molar-refractivity contribution in [3.05, 3.63) is 57.6 Å². The topological polar surface area (TPSA) is 21.3 Å². The number of halogens is 1. The van der Waals surface area contributed by atoms with E-state index in [0.717, 1.165) is 28.9 Å². The number of benzene rings is 2. The molecule has 1 atom stereocenters. The van der Waals surface area contributed by atoms with Crippen LogP contribution in [0.15, 0.2) is 40.9 Å². The molecule has 1 aliphatic heterocycles. The Morgan fingerprint density at radius 1 is 1.20 bits per heavy atom. The molecule has 1 heterocycles. The Morgan fingerprint density at radius 2 is 2.05 bits per heavy atom. The molecule has 3 rings (SSSR count). The van der Waals surface area contributed by atoms with E-state index in [-0.39, 0.29) is 6.10 Å². The van der Waals surface area contributed by atoms with Gasteiger partial charge in [0.15, 0.2) is 0 Å². The van der Waals surface area contributed by atoms with Gasteiger partial charge in [-0.15, -0.1) is 0 Å². The van der Waals surface area contributed by atoms with Gasteiger partial charge in [0.05, 0.1) is 6.54 Å². The molecule has 0 fully saturated rings. The van der Waals surface area contributed by atoms with E-state index in [9.17, 15) is 0 Å². The lowest BCUT2D eigenvalue weighted by atomic mass is 10.1. The average molecular weight is 332 g/mol. The molecule has 0 bridgehead atoms. The quantitative estimate of drug-likeness (QED) is 0.895. The minimum absolute atomic E-state index is 0.213. The molecule has 2 nitrogen and oxygen atoms in total. The second-order valence-corrected chi connectivity index (χ2v) is 6.31. The van der Waals surface area contributed by atoms with E-state index >= 15 is 0 Å². The molecule has 2 aromatic rings. The van der Waals surface area contributed by atoms with Gasteiger partial charge in [-0.1, -0.05) is 39.7 Å². The second kappa shape index (κ2) is 5.49. The Balaban J connectivity index is 1.65. The highest BCUT2D eigenvalue weighted by Gasteiger charge is 2.22. The predicted octanol–water partition coefficient (Wildman–Crippen LogP) is 4.48. The van der Waals surface area contributed by atoms with Gasteiger partial charge in [0.25, 0.3) is 0 Å². The number of anilines is 1. The van der Waals surface area contributed by atoms with Gasteiger partial charge < -0.3 is 10.1 Å². The summed E-state index contributed by atoms with van der Waals surface area (Å²) in [6.07, 6.45) is 1.20. The van der Waals surface area contributed by atoms with Crippen LogP contribution in [0.1, 0.15) is 16.7 Å². The van der Waals surface area contributed by atoms with Crippen LogP contribution in [-0.4, -0.2) is 12.6 Å². The first-order valence-electron chi connectivity index (χ1n) is 6.88. The fourth-order valence-electron chi connectivity index (χ4n) is 2.57. The van der Waals surface area contributed by atoms with Crippen LogP contribution in [0.5, 0.6) is 5.75 Å². The van der Waals surface area contributed by atoms with Crippen LogP contribution >= 0.6 is 15.9 Å². The van der Waals surface area contributed by atoms with Crippen molar-refractivity contribution < 1.29 is 4.74 Å². The maximum atomic E-state index is 5.98. The van der Waals surface area contributed by atoms with Crippen LogP contribution in [0.2, 0.25) is 0 Å². The highest BCUT2D eigenvalue weighted by molar-refractivity contribution is 9.10. The van der Waals surface area contributed by atoms with Gasteiger partial charge >= 0.3 is 0 Å². The van der Waals surface area contributed by atoms with Crippen molar-refractivity contribution in [3.63, 3.8) is 0 Å². The third-order valence-electron chi connectivity index (χ3n) is 3.68. The molecular formula is C17H18BrNO. The summed E-state index contributed by atoms with van der Waals surface area (Å²) in [7, 11) is 0. The van der Waals surface area contributed by atoms with Crippen LogP contribution in [0.3, 0.4) is 0 Å². The van der Waals surface area contributed by atoms with Crippen molar-refractivity contribution in [3.8, 4) is 5.75 Å². The van der Waals surface area contributed by atoms with Crippen molar-refractivity contribution in [2.45, 2.75) is 26.4 Å². The second-order valence-electron chi connectivity index (χ2n) is 5.40. The Hall–Kier alpha value is -1.48. The monoisotopic (exact) mass is 331 g/mol. The number of rotatable bonds is 3. The maximum Gasteiger partial charge on any atom is 0.123 e. The number of ether oxygens (including phenoxy) is 1. The van der Waals surface area contributed by atoms with Gasteiger partial charge in [-0.2, -0.15) is 0 Å². The number of hydrogen-bond donors (Lipinski definition) is 1. The zero-order valence-electron chi connectivity index (χ0n) is 11.7. The number of hydrogen-bond acceptors (Lipinski definition) is 2. The summed E-state index contributed by atoms with van der Waals surface area (Å²) in [5.74, 6) is 1.04. The number of fused-ring (bicyclic) bond motifs is 1. The third kappa shape index (κ3) is 2.83. The zero-order chi connectivity index (χ0) is 14.1. The Morgan fingerprint density at radius 3 is 2.90 bits per heavy atom. The molecule has 104 valence electrons. The summed E-state index contributed by atoms with van der Waals surface area (Å²) in [5, 5.41) is 3.49. The zero-order valence-corrected chi connectivity index (χ0v) is 13.3. The molecule has 0 saturated heterocycles. The van der Waals surface area contributed by atoms with E-state index in [1.54, 1.807) is 0 Å². The molecule has 0 radical (unpaired) electrons. The maximum absolute atomic E-state index is 5.98. The van der Waals surface area contributed by atoms with Crippen LogP contribution in [0.25, 0.3) is 0 Å². The lowest BCUT2D eigenvalue weighted by Gasteiger charge is -2.14. The van der Waals surface area contributed by atoms with E-state index in [4.69, 9.17) is 4.74 Å². The number of nitrogens with one attached hydrogen (secondary N) is 1. The smallest absolute Gasteiger partial charge is 0.123 e. The molecule has 0 aliphatic carbocycles. The lowest BCUT2D eigenvalue weighted by Crippen LogP contribution is -2.24. The van der Waals surface area contributed by atoms with Gasteiger partial charge in [0.2, 0.25) is 0 Å². The molecule has 1 unspecified atom stereocenters. The van der Waals surface area contributed by atoms with E-state index in [1.165, 1.54) is 16.7 Å². The first kappa shape index (κ1) is 13.5. The summed E-state index contributed by atoms with van der Waals surface area (Å²) in [6, 6.07) is 12.7. The van der Waals surface area contributed by atoms with Crippen molar-refractivity contribution in [1.82, 2.24) is 0 Å². The molecule has 0 aromatic heterocycles. The van der Waals surface area contributed by atoms with Crippen LogP contribution in [0.4, 0.5) is 5.69 Å². The third-order valence-corrected chi connectivity index (χ3v) is 4.17. The largest absolute Gasteiger partial charge is 0.488 e. The normalized spacial score (nSPS) is 16.6. The van der Waals surface area contributed by atoms with E-state index in [1.807, 2.05) is 0 Å². The minimum Gasteiger partial charge on any atom is -0.488 e. The summed E-state index contributed by atoms with van der Waals surface area (Å²) in [5.41, 5.74) is 5.03. The van der Waals surface area contributed by atoms with Gasteiger partial charge in [-0.05, 0) is 43.2 Å². The Kier molecular flexibility index (Phi) is 3.70. The summed E-state index contributed by atoms with van der Waals surface area (Å²) in [6.45, 7) is 5.06. The van der Waals surface area contributed by atoms with Crippen LogP contribution in [0, 0.1) is 13.8 Å². The number of aryl methyl sites for hydroxylation is 2. The molecule has 0 saturated carbocycles. The summed E-state index contributed by atoms with van der Waals surface area (Å²) in [4.78, 5) is 0. The standard InChI is InChI=1S/C17H18BrNO/c1-11-3-6-17-13(7-11)8-15(20-17)10-19-16-9-14(18)5-4-12(16)2/h3-7,9,15,19H,8,10H2,1-2H3. The van der Waals surface area contributed by atoms with E-state index in [0.29, 0.717) is 0 Å². The highest BCUT2D eigenvalue weighted by atomic mass is 79.9. The van der Waals surface area contributed by atoms with Gasteiger partial charge in [0.1, 0.15) is 11.9 Å². The Labute approximate surface area is 128 Å². The summed E-state index contributed by atoms with van der Waals surface area (Å²) < 4.78 is 7.07. The molecule has 0 spiro atoms. The van der Waals surface area contributed by atoms with Crippen LogP contribution < -0.4 is 10.1 Å².